The highest BCUT2D eigenvalue weighted by Crippen LogP contribution is 2.45. The fraction of sp³-hybridized carbons (Fsp3) is 0.276. The lowest BCUT2D eigenvalue weighted by Crippen LogP contribution is -2.43. The third-order valence-corrected chi connectivity index (χ3v) is 7.50. The van der Waals surface area contributed by atoms with Gasteiger partial charge in [0.2, 0.25) is 0 Å². The van der Waals surface area contributed by atoms with E-state index in [0.717, 1.165) is 24.8 Å². The molecule has 2 N–H and O–H groups in total. The van der Waals surface area contributed by atoms with Gasteiger partial charge in [-0.2, -0.15) is 0 Å². The quantitative estimate of drug-likeness (QED) is 0.570. The second-order valence-electron chi connectivity index (χ2n) is 9.31. The lowest BCUT2D eigenvalue weighted by molar-refractivity contribution is 0.0866. The Labute approximate surface area is 194 Å². The van der Waals surface area contributed by atoms with Crippen LogP contribution < -0.4 is 5.73 Å². The number of amides is 1. The van der Waals surface area contributed by atoms with Gasteiger partial charge in [0.1, 0.15) is 6.61 Å². The molecule has 0 radical (unpaired) electrons. The summed E-state index contributed by atoms with van der Waals surface area (Å²) in [6, 6.07) is 25.7. The molecule has 1 amide bonds. The van der Waals surface area contributed by atoms with E-state index in [1.54, 1.807) is 0 Å². The molecule has 3 aromatic rings. The van der Waals surface area contributed by atoms with Crippen molar-refractivity contribution in [3.8, 4) is 11.1 Å². The van der Waals surface area contributed by atoms with Gasteiger partial charge in [-0.1, -0.05) is 78.9 Å². The topological polar surface area (TPSA) is 55.6 Å². The summed E-state index contributed by atoms with van der Waals surface area (Å²) in [6.45, 7) is 0.931. The summed E-state index contributed by atoms with van der Waals surface area (Å²) in [5.74, 6) is 0.0935. The van der Waals surface area contributed by atoms with Crippen molar-refractivity contribution in [3.63, 3.8) is 0 Å². The number of nitrogens with zero attached hydrogens (tertiary/aromatic N) is 1. The van der Waals surface area contributed by atoms with Gasteiger partial charge < -0.3 is 10.5 Å². The molecular formula is C29H28N2O2. The van der Waals surface area contributed by atoms with Crippen LogP contribution in [-0.4, -0.2) is 29.7 Å². The molecule has 4 nitrogen and oxygen atoms in total. The number of nitrogens with two attached hydrogens (primary N) is 1. The Balaban J connectivity index is 1.19. The molecule has 1 aliphatic carbocycles. The zero-order chi connectivity index (χ0) is 22.4. The van der Waals surface area contributed by atoms with Crippen molar-refractivity contribution >= 4 is 11.7 Å². The van der Waals surface area contributed by atoms with Crippen LogP contribution in [0.1, 0.15) is 47.4 Å². The maximum absolute atomic E-state index is 13.2. The van der Waals surface area contributed by atoms with Crippen LogP contribution >= 0.6 is 0 Å². The molecule has 33 heavy (non-hydrogen) atoms. The van der Waals surface area contributed by atoms with Gasteiger partial charge in [-0.25, -0.2) is 4.79 Å². The van der Waals surface area contributed by atoms with E-state index in [1.807, 2.05) is 4.90 Å². The van der Waals surface area contributed by atoms with Gasteiger partial charge in [0.15, 0.2) is 0 Å². The highest BCUT2D eigenvalue weighted by molar-refractivity contribution is 5.79. The van der Waals surface area contributed by atoms with Crippen molar-refractivity contribution in [1.82, 2.24) is 4.90 Å². The number of fused-ring (bicyclic) bond motifs is 5. The zero-order valence-electron chi connectivity index (χ0n) is 18.6. The highest BCUT2D eigenvalue weighted by Gasteiger charge is 2.41. The van der Waals surface area contributed by atoms with Gasteiger partial charge in [-0.3, -0.25) is 4.90 Å². The Morgan fingerprint density at radius 1 is 0.909 bits per heavy atom. The average molecular weight is 437 g/mol. The van der Waals surface area contributed by atoms with E-state index in [-0.39, 0.29) is 24.1 Å². The molecule has 1 fully saturated rings. The first-order valence-electron chi connectivity index (χ1n) is 11.9. The van der Waals surface area contributed by atoms with E-state index in [1.165, 1.54) is 33.4 Å². The van der Waals surface area contributed by atoms with Gasteiger partial charge in [0.25, 0.3) is 0 Å². The summed E-state index contributed by atoms with van der Waals surface area (Å²) in [5.41, 5.74) is 14.4. The Kier molecular flexibility index (Phi) is 5.03. The maximum Gasteiger partial charge on any atom is 0.410 e. The molecule has 0 saturated carbocycles. The largest absolute Gasteiger partial charge is 0.448 e. The molecule has 166 valence electrons. The summed E-state index contributed by atoms with van der Waals surface area (Å²) >= 11 is 0. The lowest BCUT2D eigenvalue weighted by Gasteiger charge is -2.33. The molecule has 2 unspecified atom stereocenters. The van der Waals surface area contributed by atoms with Crippen LogP contribution in [0.5, 0.6) is 0 Å². The van der Waals surface area contributed by atoms with Crippen LogP contribution in [0.25, 0.3) is 16.7 Å². The van der Waals surface area contributed by atoms with Crippen LogP contribution in [0.4, 0.5) is 4.79 Å². The molecule has 0 spiro atoms. The number of rotatable bonds is 4. The number of hydrogen-bond acceptors (Lipinski definition) is 3. The molecule has 4 heteroatoms. The molecule has 2 aliphatic heterocycles. The summed E-state index contributed by atoms with van der Waals surface area (Å²) in [5, 5.41) is 0. The normalized spacial score (nSPS) is 20.9. The van der Waals surface area contributed by atoms with E-state index in [4.69, 9.17) is 10.5 Å². The third-order valence-electron chi connectivity index (χ3n) is 7.50. The van der Waals surface area contributed by atoms with Crippen molar-refractivity contribution in [2.24, 2.45) is 5.73 Å². The van der Waals surface area contributed by atoms with Gasteiger partial charge >= 0.3 is 6.09 Å². The van der Waals surface area contributed by atoms with Crippen molar-refractivity contribution in [1.29, 1.82) is 0 Å². The molecule has 1 saturated heterocycles. The fourth-order valence-electron chi connectivity index (χ4n) is 5.85. The molecule has 0 aromatic heterocycles. The van der Waals surface area contributed by atoms with Crippen LogP contribution in [0.2, 0.25) is 0 Å². The van der Waals surface area contributed by atoms with Gasteiger partial charge in [-0.15, -0.1) is 0 Å². The minimum absolute atomic E-state index is 0.0935. The van der Waals surface area contributed by atoms with Gasteiger partial charge in [0.05, 0.1) is 6.04 Å². The van der Waals surface area contributed by atoms with E-state index < -0.39 is 0 Å². The Hall–Kier alpha value is -3.37. The van der Waals surface area contributed by atoms with Crippen molar-refractivity contribution in [2.45, 2.75) is 43.8 Å². The smallest absolute Gasteiger partial charge is 0.410 e. The predicted molar refractivity (Wildman–Crippen MR) is 131 cm³/mol. The van der Waals surface area contributed by atoms with Crippen LogP contribution in [0.15, 0.2) is 78.9 Å². The molecule has 6 rings (SSSR count). The highest BCUT2D eigenvalue weighted by atomic mass is 16.6. The molecule has 2 heterocycles. The van der Waals surface area contributed by atoms with E-state index >= 15 is 0 Å². The first kappa shape index (κ1) is 20.3. The van der Waals surface area contributed by atoms with Crippen molar-refractivity contribution in [2.75, 3.05) is 6.61 Å². The monoisotopic (exact) mass is 436 g/mol. The zero-order valence-corrected chi connectivity index (χ0v) is 18.6. The number of hydrogen-bond donors (Lipinski definition) is 1. The number of ether oxygens (including phenoxy) is 1. The summed E-state index contributed by atoms with van der Waals surface area (Å²) in [6.07, 6.45) is 4.98. The summed E-state index contributed by atoms with van der Waals surface area (Å²) < 4.78 is 5.98. The molecule has 3 aliphatic rings. The van der Waals surface area contributed by atoms with Crippen molar-refractivity contribution < 1.29 is 9.53 Å². The lowest BCUT2D eigenvalue weighted by atomic mass is 9.94. The Bertz CT molecular complexity index is 1180. The second-order valence-corrected chi connectivity index (χ2v) is 9.31. The minimum Gasteiger partial charge on any atom is -0.448 e. The number of carbonyl (C=O) groups is 1. The average Bonchev–Trinajstić information content (AvgIpc) is 3.33. The first-order valence-corrected chi connectivity index (χ1v) is 11.9. The standard InChI is InChI=1S/C29H28N2O2/c30-17-19-9-11-20(12-10-19)21-15-22-13-14-23(16-21)31(22)29(32)33-18-28-26-7-3-1-5-24(26)25-6-2-4-8-27(25)28/h1-12,15,22-23,28H,13-14,16-18,30H2. The summed E-state index contributed by atoms with van der Waals surface area (Å²) in [7, 11) is 0. The molecule has 2 atom stereocenters. The van der Waals surface area contributed by atoms with Crippen LogP contribution in [0.3, 0.4) is 0 Å². The van der Waals surface area contributed by atoms with E-state index in [9.17, 15) is 4.79 Å². The van der Waals surface area contributed by atoms with E-state index in [2.05, 4.69) is 78.9 Å². The van der Waals surface area contributed by atoms with Crippen LogP contribution in [-0.2, 0) is 11.3 Å². The Morgan fingerprint density at radius 2 is 1.58 bits per heavy atom. The maximum atomic E-state index is 13.2. The molecule has 2 bridgehead atoms. The van der Waals surface area contributed by atoms with Gasteiger partial charge in [0, 0.05) is 18.5 Å². The van der Waals surface area contributed by atoms with E-state index in [0.29, 0.717) is 13.2 Å². The molecule has 3 aromatic carbocycles. The number of carbonyl (C=O) groups excluding carboxylic acids is 1. The molecular weight excluding hydrogens is 408 g/mol. The first-order chi connectivity index (χ1) is 16.2. The third kappa shape index (κ3) is 3.46. The minimum atomic E-state index is -0.182. The van der Waals surface area contributed by atoms with Gasteiger partial charge in [-0.05, 0) is 58.2 Å². The fourth-order valence-corrected chi connectivity index (χ4v) is 5.85. The Morgan fingerprint density at radius 3 is 2.21 bits per heavy atom. The SMILES string of the molecule is NCc1ccc(C2=CC3CCC(C2)N3C(=O)OCC2c3ccccc3-c3ccccc32)cc1. The van der Waals surface area contributed by atoms with Crippen molar-refractivity contribution in [3.05, 3.63) is 101 Å². The second kappa shape index (κ2) is 8.20. The van der Waals surface area contributed by atoms with Crippen LogP contribution in [0, 0.1) is 0 Å². The summed E-state index contributed by atoms with van der Waals surface area (Å²) in [4.78, 5) is 15.2. The number of benzene rings is 3. The predicted octanol–water partition coefficient (Wildman–Crippen LogP) is 5.71.